The van der Waals surface area contributed by atoms with Crippen LogP contribution < -0.4 is 10.3 Å². The van der Waals surface area contributed by atoms with Gasteiger partial charge in [0.25, 0.3) is 5.56 Å². The van der Waals surface area contributed by atoms with Crippen molar-refractivity contribution in [2.24, 2.45) is 4.99 Å². The number of nitrogens with one attached hydrogen (secondary N) is 1. The van der Waals surface area contributed by atoms with Gasteiger partial charge in [-0.1, -0.05) is 40.9 Å². The number of carbonyl (C=O) groups is 1. The fourth-order valence-corrected chi connectivity index (χ4v) is 5.00. The van der Waals surface area contributed by atoms with Crippen molar-refractivity contribution in [3.63, 3.8) is 0 Å². The normalized spacial score (nSPS) is 15.6. The van der Waals surface area contributed by atoms with Crippen molar-refractivity contribution in [1.82, 2.24) is 9.88 Å². The van der Waals surface area contributed by atoms with Crippen LogP contribution in [-0.2, 0) is 4.79 Å². The quantitative estimate of drug-likeness (QED) is 0.335. The first-order valence-corrected chi connectivity index (χ1v) is 11.8. The maximum Gasteiger partial charge on any atom is 0.407 e. The van der Waals surface area contributed by atoms with Crippen LogP contribution >= 0.6 is 11.6 Å². The summed E-state index contributed by atoms with van der Waals surface area (Å²) in [5.74, 6) is 0.338. The first-order chi connectivity index (χ1) is 16.8. The fraction of sp³-hybridized carbons (Fsp3) is 0.346. The molecule has 1 fully saturated rings. The highest BCUT2D eigenvalue weighted by atomic mass is 35.5. The second-order valence-electron chi connectivity index (χ2n) is 8.85. The summed E-state index contributed by atoms with van der Waals surface area (Å²) < 4.78 is 6.25. The number of aryl methyl sites for hydroxylation is 2. The summed E-state index contributed by atoms with van der Waals surface area (Å²) in [5.41, 5.74) is 3.34. The third-order valence-corrected chi connectivity index (χ3v) is 6.58. The molecule has 1 aliphatic heterocycles. The third-order valence-electron chi connectivity index (χ3n) is 6.28. The second kappa shape index (κ2) is 10.3. The Bertz CT molecular complexity index is 1370. The molecule has 8 nitrogen and oxygen atoms in total. The molecule has 9 heteroatoms. The number of isocyanates is 1. The predicted molar refractivity (Wildman–Crippen MR) is 135 cm³/mol. The zero-order valence-electron chi connectivity index (χ0n) is 19.6. The van der Waals surface area contributed by atoms with E-state index < -0.39 is 6.09 Å². The average Bonchev–Trinajstić information content (AvgIpc) is 2.79. The SMILES string of the molecule is Cc1cc(C)cc(-c2c(OCCC3CCCCN3C(=O)O)c3cc(N=C=O)c(Cl)cc3[nH]c2=O)c1. The molecule has 0 aliphatic carbocycles. The number of carbonyl (C=O) groups excluding carboxylic acids is 1. The number of H-pyrrole nitrogens is 1. The van der Waals surface area contributed by atoms with Gasteiger partial charge in [0.2, 0.25) is 6.08 Å². The standard InChI is InChI=1S/C26H26ClN3O5/c1-15-9-16(2)11-17(10-15)23-24(35-8-6-18-5-3-4-7-30(18)26(33)34)19-12-22(28-14-31)20(27)13-21(19)29-25(23)32/h9-13,18H,3-8H2,1-2H3,(H,29,32)(H,33,34). The molecule has 3 aromatic rings. The number of piperidine rings is 1. The number of aliphatic imine (C=N–C) groups is 1. The van der Waals surface area contributed by atoms with E-state index in [9.17, 15) is 19.5 Å². The van der Waals surface area contributed by atoms with E-state index in [1.807, 2.05) is 32.0 Å². The van der Waals surface area contributed by atoms with Crippen LogP contribution in [-0.4, -0.2) is 46.4 Å². The molecule has 0 bridgehead atoms. The minimum atomic E-state index is -0.932. The number of likely N-dealkylation sites (tertiary alicyclic amines) is 1. The number of halogens is 1. The molecule has 182 valence electrons. The summed E-state index contributed by atoms with van der Waals surface area (Å²) in [6.07, 6.45) is 3.63. The zero-order chi connectivity index (χ0) is 25.1. The van der Waals surface area contributed by atoms with Gasteiger partial charge < -0.3 is 19.7 Å². The number of aromatic nitrogens is 1. The molecule has 2 heterocycles. The Balaban J connectivity index is 1.81. The molecule has 1 aromatic heterocycles. The number of fused-ring (bicyclic) bond motifs is 1. The lowest BCUT2D eigenvalue weighted by Gasteiger charge is -2.33. The molecular weight excluding hydrogens is 470 g/mol. The van der Waals surface area contributed by atoms with Crippen molar-refractivity contribution in [1.29, 1.82) is 0 Å². The van der Waals surface area contributed by atoms with Gasteiger partial charge in [0, 0.05) is 24.4 Å². The largest absolute Gasteiger partial charge is 0.492 e. The maximum atomic E-state index is 13.3. The Morgan fingerprint density at radius 1 is 1.23 bits per heavy atom. The molecule has 1 saturated heterocycles. The number of amides is 1. The van der Waals surface area contributed by atoms with Gasteiger partial charge in [-0.2, -0.15) is 4.99 Å². The number of nitrogens with zero attached hydrogens (tertiary/aromatic N) is 2. The zero-order valence-corrected chi connectivity index (χ0v) is 20.3. The molecule has 1 unspecified atom stereocenters. The van der Waals surface area contributed by atoms with Crippen LogP contribution in [0.25, 0.3) is 22.0 Å². The lowest BCUT2D eigenvalue weighted by molar-refractivity contribution is 0.0969. The first-order valence-electron chi connectivity index (χ1n) is 11.5. The minimum Gasteiger partial charge on any atom is -0.492 e. The van der Waals surface area contributed by atoms with Crippen LogP contribution in [0.5, 0.6) is 5.75 Å². The van der Waals surface area contributed by atoms with Crippen molar-refractivity contribution in [2.75, 3.05) is 13.2 Å². The third kappa shape index (κ3) is 5.24. The molecule has 1 atom stereocenters. The highest BCUT2D eigenvalue weighted by molar-refractivity contribution is 6.34. The second-order valence-corrected chi connectivity index (χ2v) is 9.26. The minimum absolute atomic E-state index is 0.149. The van der Waals surface area contributed by atoms with Crippen LogP contribution in [0.1, 0.15) is 36.8 Å². The van der Waals surface area contributed by atoms with Crippen molar-refractivity contribution < 1.29 is 19.4 Å². The van der Waals surface area contributed by atoms with E-state index in [-0.39, 0.29) is 28.9 Å². The number of rotatable bonds is 6. The van der Waals surface area contributed by atoms with Gasteiger partial charge in [-0.25, -0.2) is 9.59 Å². The topological polar surface area (TPSA) is 112 Å². The van der Waals surface area contributed by atoms with E-state index >= 15 is 0 Å². The summed E-state index contributed by atoms with van der Waals surface area (Å²) in [6, 6.07) is 8.79. The number of ether oxygens (including phenoxy) is 1. The van der Waals surface area contributed by atoms with Gasteiger partial charge in [-0.15, -0.1) is 0 Å². The summed E-state index contributed by atoms with van der Waals surface area (Å²) in [5, 5.41) is 10.3. The van der Waals surface area contributed by atoms with Gasteiger partial charge >= 0.3 is 6.09 Å². The van der Waals surface area contributed by atoms with E-state index in [1.54, 1.807) is 6.07 Å². The van der Waals surface area contributed by atoms with Gasteiger partial charge in [-0.3, -0.25) is 4.79 Å². The van der Waals surface area contributed by atoms with Crippen LogP contribution in [0, 0.1) is 13.8 Å². The Morgan fingerprint density at radius 2 is 1.97 bits per heavy atom. The molecule has 0 saturated carbocycles. The number of hydrogen-bond acceptors (Lipinski definition) is 5. The fourth-order valence-electron chi connectivity index (χ4n) is 4.79. The molecule has 35 heavy (non-hydrogen) atoms. The van der Waals surface area contributed by atoms with E-state index in [4.69, 9.17) is 16.3 Å². The highest BCUT2D eigenvalue weighted by Crippen LogP contribution is 2.38. The average molecular weight is 496 g/mol. The van der Waals surface area contributed by atoms with Crippen molar-refractivity contribution in [3.8, 4) is 16.9 Å². The monoisotopic (exact) mass is 495 g/mol. The highest BCUT2D eigenvalue weighted by Gasteiger charge is 2.26. The van der Waals surface area contributed by atoms with E-state index in [0.717, 1.165) is 30.4 Å². The Labute approximate surface area is 207 Å². The summed E-state index contributed by atoms with van der Waals surface area (Å²) in [4.78, 5) is 43.8. The Hall–Kier alpha value is -3.61. The van der Waals surface area contributed by atoms with Gasteiger partial charge in [0.1, 0.15) is 5.75 Å². The number of aromatic amines is 1. The smallest absolute Gasteiger partial charge is 0.407 e. The van der Waals surface area contributed by atoms with Crippen molar-refractivity contribution in [2.45, 2.75) is 45.6 Å². The van der Waals surface area contributed by atoms with Crippen LogP contribution in [0.15, 0.2) is 40.1 Å². The predicted octanol–water partition coefficient (Wildman–Crippen LogP) is 5.73. The number of carboxylic acid groups (broad SMARTS) is 1. The Kier molecular flexibility index (Phi) is 7.24. The van der Waals surface area contributed by atoms with E-state index in [2.05, 4.69) is 9.98 Å². The molecule has 2 N–H and O–H groups in total. The van der Waals surface area contributed by atoms with Crippen LogP contribution in [0.4, 0.5) is 10.5 Å². The van der Waals surface area contributed by atoms with Gasteiger partial charge in [-0.05, 0) is 50.8 Å². The summed E-state index contributed by atoms with van der Waals surface area (Å²) in [7, 11) is 0. The van der Waals surface area contributed by atoms with E-state index in [1.165, 1.54) is 17.0 Å². The number of benzene rings is 2. The maximum absolute atomic E-state index is 13.3. The van der Waals surface area contributed by atoms with E-state index in [0.29, 0.717) is 40.7 Å². The molecule has 0 radical (unpaired) electrons. The first kappa shape index (κ1) is 24.5. The summed E-state index contributed by atoms with van der Waals surface area (Å²) in [6.45, 7) is 4.62. The lowest BCUT2D eigenvalue weighted by Crippen LogP contribution is -2.43. The van der Waals surface area contributed by atoms with Crippen molar-refractivity contribution >= 4 is 40.4 Å². The molecule has 4 rings (SSSR count). The lowest BCUT2D eigenvalue weighted by atomic mass is 9.98. The van der Waals surface area contributed by atoms with Crippen molar-refractivity contribution in [3.05, 3.63) is 56.8 Å². The van der Waals surface area contributed by atoms with Gasteiger partial charge in [0.15, 0.2) is 0 Å². The number of hydrogen-bond donors (Lipinski definition) is 2. The van der Waals surface area contributed by atoms with Crippen LogP contribution in [0.3, 0.4) is 0 Å². The molecular formula is C26H26ClN3O5. The molecule has 2 aromatic carbocycles. The summed E-state index contributed by atoms with van der Waals surface area (Å²) >= 11 is 6.24. The Morgan fingerprint density at radius 3 is 2.66 bits per heavy atom. The van der Waals surface area contributed by atoms with Crippen LogP contribution in [0.2, 0.25) is 5.02 Å². The number of pyridine rings is 1. The van der Waals surface area contributed by atoms with Gasteiger partial charge in [0.05, 0.1) is 28.4 Å². The molecule has 1 amide bonds. The molecule has 1 aliphatic rings. The molecule has 0 spiro atoms.